The first-order valence-electron chi connectivity index (χ1n) is 10.1. The van der Waals surface area contributed by atoms with Crippen LogP contribution in [0.5, 0.6) is 5.75 Å². The number of allylic oxidation sites excluding steroid dienone is 2. The SMILES string of the molecule is O=C(O)[C@@H]1[C@H]2C=C[C@@H]([C@@H]3C[C@H]23)[C@H]1C(=O)Nc1ccc(OCc2ccccc2)cc1. The van der Waals surface area contributed by atoms with Crippen molar-refractivity contribution in [2.75, 3.05) is 5.32 Å². The summed E-state index contributed by atoms with van der Waals surface area (Å²) in [6.07, 6.45) is 5.15. The number of nitrogens with one attached hydrogen (secondary N) is 1. The number of aliphatic carboxylic acids is 1. The van der Waals surface area contributed by atoms with Gasteiger partial charge in [-0.1, -0.05) is 42.5 Å². The van der Waals surface area contributed by atoms with Gasteiger partial charge in [0.05, 0.1) is 11.8 Å². The molecular weight excluding hydrogens is 366 g/mol. The van der Waals surface area contributed by atoms with Crippen LogP contribution in [-0.4, -0.2) is 17.0 Å². The molecule has 4 aliphatic rings. The number of benzene rings is 2. The lowest BCUT2D eigenvalue weighted by Crippen LogP contribution is -2.48. The summed E-state index contributed by atoms with van der Waals surface area (Å²) in [6, 6.07) is 17.1. The lowest BCUT2D eigenvalue weighted by molar-refractivity contribution is -0.152. The van der Waals surface area contributed by atoms with E-state index in [1.807, 2.05) is 48.5 Å². The van der Waals surface area contributed by atoms with E-state index in [0.29, 0.717) is 24.1 Å². The fourth-order valence-corrected chi connectivity index (χ4v) is 5.17. The molecule has 2 aromatic carbocycles. The standard InChI is InChI=1S/C24H23NO4/c26-23(21-17-10-11-18(20-12-19(17)20)22(21)24(27)28)25-15-6-8-16(9-7-15)29-13-14-4-2-1-3-5-14/h1-11,17-22H,12-13H2,(H,25,26)(H,27,28)/t17-,18-,19-,20+,21+,22+/m0/s1. The van der Waals surface area contributed by atoms with Crippen molar-refractivity contribution in [1.29, 1.82) is 0 Å². The molecule has 0 radical (unpaired) electrons. The van der Waals surface area contributed by atoms with E-state index in [1.54, 1.807) is 12.1 Å². The van der Waals surface area contributed by atoms with Crippen LogP contribution >= 0.6 is 0 Å². The number of ether oxygens (including phenoxy) is 1. The minimum atomic E-state index is -0.862. The Hall–Kier alpha value is -3.08. The number of amides is 1. The summed E-state index contributed by atoms with van der Waals surface area (Å²) in [7, 11) is 0. The third kappa shape index (κ3) is 3.31. The predicted octanol–water partition coefficient (Wildman–Crippen LogP) is 3.97. The number of hydrogen-bond donors (Lipinski definition) is 2. The molecule has 29 heavy (non-hydrogen) atoms. The summed E-state index contributed by atoms with van der Waals surface area (Å²) in [5, 5.41) is 12.7. The van der Waals surface area contributed by atoms with Crippen molar-refractivity contribution >= 4 is 17.6 Å². The average molecular weight is 389 g/mol. The second-order valence-corrected chi connectivity index (χ2v) is 8.28. The smallest absolute Gasteiger partial charge is 0.307 e. The molecule has 6 atom stereocenters. The fourth-order valence-electron chi connectivity index (χ4n) is 5.17. The van der Waals surface area contributed by atoms with Crippen LogP contribution in [0.3, 0.4) is 0 Å². The van der Waals surface area contributed by atoms with Gasteiger partial charge in [0, 0.05) is 5.69 Å². The first-order chi connectivity index (χ1) is 14.1. The number of carbonyl (C=O) groups is 2. The van der Waals surface area contributed by atoms with E-state index < -0.39 is 17.8 Å². The predicted molar refractivity (Wildman–Crippen MR) is 108 cm³/mol. The van der Waals surface area contributed by atoms with Gasteiger partial charge in [-0.3, -0.25) is 9.59 Å². The van der Waals surface area contributed by atoms with Crippen LogP contribution in [0.4, 0.5) is 5.69 Å². The number of carboxylic acids is 1. The van der Waals surface area contributed by atoms with E-state index in [-0.39, 0.29) is 17.7 Å². The number of carbonyl (C=O) groups excluding carboxylic acids is 1. The van der Waals surface area contributed by atoms with E-state index in [9.17, 15) is 14.7 Å². The molecule has 0 spiro atoms. The highest BCUT2D eigenvalue weighted by Gasteiger charge is 2.62. The molecule has 0 aliphatic heterocycles. The van der Waals surface area contributed by atoms with Crippen molar-refractivity contribution in [3.63, 3.8) is 0 Å². The van der Waals surface area contributed by atoms with E-state index >= 15 is 0 Å². The number of rotatable bonds is 6. The van der Waals surface area contributed by atoms with Crippen molar-refractivity contribution < 1.29 is 19.4 Å². The first-order valence-corrected chi connectivity index (χ1v) is 10.1. The van der Waals surface area contributed by atoms with Crippen LogP contribution in [0.25, 0.3) is 0 Å². The second-order valence-electron chi connectivity index (χ2n) is 8.28. The first kappa shape index (κ1) is 18.0. The maximum atomic E-state index is 13.0. The van der Waals surface area contributed by atoms with Gasteiger partial charge in [-0.25, -0.2) is 0 Å². The third-order valence-corrected chi connectivity index (χ3v) is 6.61. The minimum Gasteiger partial charge on any atom is -0.489 e. The van der Waals surface area contributed by atoms with Gasteiger partial charge in [-0.05, 0) is 59.9 Å². The highest BCUT2D eigenvalue weighted by molar-refractivity contribution is 5.96. The molecule has 2 N–H and O–H groups in total. The molecule has 0 saturated heterocycles. The summed E-state index contributed by atoms with van der Waals surface area (Å²) in [5.74, 6) is -0.495. The van der Waals surface area contributed by atoms with Gasteiger partial charge in [0.25, 0.3) is 0 Å². The quantitative estimate of drug-likeness (QED) is 0.733. The molecule has 2 saturated carbocycles. The van der Waals surface area contributed by atoms with E-state index in [0.717, 1.165) is 17.7 Å². The van der Waals surface area contributed by atoms with Crippen molar-refractivity contribution in [2.24, 2.45) is 35.5 Å². The van der Waals surface area contributed by atoms with Gasteiger partial charge in [-0.15, -0.1) is 0 Å². The Morgan fingerprint density at radius 2 is 1.59 bits per heavy atom. The van der Waals surface area contributed by atoms with Gasteiger partial charge in [-0.2, -0.15) is 0 Å². The van der Waals surface area contributed by atoms with Crippen LogP contribution in [0.2, 0.25) is 0 Å². The summed E-state index contributed by atoms with van der Waals surface area (Å²) >= 11 is 0. The molecule has 0 aromatic heterocycles. The Morgan fingerprint density at radius 1 is 0.931 bits per heavy atom. The molecule has 5 heteroatoms. The van der Waals surface area contributed by atoms with E-state index in [1.165, 1.54) is 0 Å². The van der Waals surface area contributed by atoms with E-state index in [4.69, 9.17) is 4.74 Å². The maximum Gasteiger partial charge on any atom is 0.307 e. The molecule has 5 nitrogen and oxygen atoms in total. The van der Waals surface area contributed by atoms with Gasteiger partial charge in [0.15, 0.2) is 0 Å². The summed E-state index contributed by atoms with van der Waals surface area (Å²) in [4.78, 5) is 24.9. The summed E-state index contributed by atoms with van der Waals surface area (Å²) < 4.78 is 5.78. The average Bonchev–Trinajstić information content (AvgIpc) is 3.56. The number of anilines is 1. The van der Waals surface area contributed by atoms with E-state index in [2.05, 4.69) is 11.4 Å². The lowest BCUT2D eigenvalue weighted by Gasteiger charge is -2.41. The van der Waals surface area contributed by atoms with Crippen LogP contribution in [0, 0.1) is 35.5 Å². The Labute approximate surface area is 169 Å². The van der Waals surface area contributed by atoms with Crippen molar-refractivity contribution in [1.82, 2.24) is 0 Å². The molecule has 0 unspecified atom stereocenters. The Kier molecular flexibility index (Phi) is 4.38. The maximum absolute atomic E-state index is 13.0. The van der Waals surface area contributed by atoms with Crippen LogP contribution < -0.4 is 10.1 Å². The largest absolute Gasteiger partial charge is 0.489 e. The molecule has 6 rings (SSSR count). The Balaban J connectivity index is 1.25. The molecule has 2 aromatic rings. The second kappa shape index (κ2) is 7.07. The molecule has 2 bridgehead atoms. The van der Waals surface area contributed by atoms with Crippen molar-refractivity contribution in [3.05, 3.63) is 72.3 Å². The number of hydrogen-bond acceptors (Lipinski definition) is 3. The minimum absolute atomic E-state index is 0.00740. The molecule has 1 amide bonds. The third-order valence-electron chi connectivity index (χ3n) is 6.61. The van der Waals surface area contributed by atoms with Gasteiger partial charge >= 0.3 is 5.97 Å². The van der Waals surface area contributed by atoms with Gasteiger partial charge in [0.2, 0.25) is 5.91 Å². The molecular formula is C24H23NO4. The van der Waals surface area contributed by atoms with Crippen molar-refractivity contribution in [2.45, 2.75) is 13.0 Å². The van der Waals surface area contributed by atoms with Gasteiger partial charge in [0.1, 0.15) is 12.4 Å². The number of carboxylic acid groups (broad SMARTS) is 1. The normalized spacial score (nSPS) is 31.0. The molecule has 148 valence electrons. The zero-order valence-corrected chi connectivity index (χ0v) is 15.9. The number of fused-ring (bicyclic) bond motifs is 1. The Bertz CT molecular complexity index is 953. The molecule has 0 heterocycles. The zero-order valence-electron chi connectivity index (χ0n) is 15.9. The van der Waals surface area contributed by atoms with Crippen LogP contribution in [-0.2, 0) is 16.2 Å². The Morgan fingerprint density at radius 3 is 2.24 bits per heavy atom. The lowest BCUT2D eigenvalue weighted by atomic mass is 9.62. The van der Waals surface area contributed by atoms with Crippen LogP contribution in [0.15, 0.2) is 66.7 Å². The summed E-state index contributed by atoms with van der Waals surface area (Å²) in [6.45, 7) is 0.479. The monoisotopic (exact) mass is 389 g/mol. The summed E-state index contributed by atoms with van der Waals surface area (Å²) in [5.41, 5.74) is 1.74. The van der Waals surface area contributed by atoms with Crippen LogP contribution in [0.1, 0.15) is 12.0 Å². The highest BCUT2D eigenvalue weighted by Crippen LogP contribution is 2.63. The molecule has 4 aliphatic carbocycles. The topological polar surface area (TPSA) is 75.6 Å². The van der Waals surface area contributed by atoms with Gasteiger partial charge < -0.3 is 15.2 Å². The zero-order chi connectivity index (χ0) is 20.0. The fraction of sp³-hybridized carbons (Fsp3) is 0.333. The van der Waals surface area contributed by atoms with Crippen molar-refractivity contribution in [3.8, 4) is 5.75 Å². The molecule has 2 fully saturated rings. The highest BCUT2D eigenvalue weighted by atomic mass is 16.5.